The molecule has 0 unspecified atom stereocenters. The molecule has 1 aromatic heterocycles. The SMILES string of the molecule is O=C(Nc1ccc(Oc2cccc(C(F)(F)F)c2)cc1)c1cc(Cl)ccn1. The highest BCUT2D eigenvalue weighted by atomic mass is 35.5. The minimum atomic E-state index is -4.44. The van der Waals surface area contributed by atoms with Crippen molar-refractivity contribution in [3.05, 3.63) is 83.1 Å². The first-order valence-electron chi connectivity index (χ1n) is 7.69. The molecular weight excluding hydrogens is 381 g/mol. The van der Waals surface area contributed by atoms with Crippen molar-refractivity contribution in [1.82, 2.24) is 4.98 Å². The Hall–Kier alpha value is -3.06. The van der Waals surface area contributed by atoms with Crippen LogP contribution in [-0.4, -0.2) is 10.9 Å². The van der Waals surface area contributed by atoms with Gasteiger partial charge in [0.15, 0.2) is 0 Å². The van der Waals surface area contributed by atoms with E-state index in [2.05, 4.69) is 10.3 Å². The number of amides is 1. The fourth-order valence-electron chi connectivity index (χ4n) is 2.20. The summed E-state index contributed by atoms with van der Waals surface area (Å²) in [4.78, 5) is 16.0. The van der Waals surface area contributed by atoms with Crippen LogP contribution in [0.25, 0.3) is 0 Å². The van der Waals surface area contributed by atoms with Gasteiger partial charge in [-0.05, 0) is 54.6 Å². The first-order valence-corrected chi connectivity index (χ1v) is 8.07. The Balaban J connectivity index is 1.68. The van der Waals surface area contributed by atoms with Gasteiger partial charge in [0.05, 0.1) is 5.56 Å². The second-order valence-electron chi connectivity index (χ2n) is 5.47. The van der Waals surface area contributed by atoms with Gasteiger partial charge in [0.1, 0.15) is 17.2 Å². The summed E-state index contributed by atoms with van der Waals surface area (Å²) < 4.78 is 43.6. The minimum absolute atomic E-state index is 0.0599. The summed E-state index contributed by atoms with van der Waals surface area (Å²) in [6.45, 7) is 0. The van der Waals surface area contributed by atoms with Crippen molar-refractivity contribution in [1.29, 1.82) is 0 Å². The van der Waals surface area contributed by atoms with E-state index in [9.17, 15) is 18.0 Å². The fraction of sp³-hybridized carbons (Fsp3) is 0.0526. The zero-order valence-electron chi connectivity index (χ0n) is 13.6. The molecule has 4 nitrogen and oxygen atoms in total. The average Bonchev–Trinajstić information content (AvgIpc) is 2.63. The Kier molecular flexibility index (Phi) is 5.32. The predicted octanol–water partition coefficient (Wildman–Crippen LogP) is 5.80. The van der Waals surface area contributed by atoms with Gasteiger partial charge in [0.25, 0.3) is 5.91 Å². The second-order valence-corrected chi connectivity index (χ2v) is 5.90. The number of anilines is 1. The Morgan fingerprint density at radius 1 is 1.00 bits per heavy atom. The molecule has 2 aromatic carbocycles. The van der Waals surface area contributed by atoms with Crippen LogP contribution in [0.5, 0.6) is 11.5 Å². The first kappa shape index (κ1) is 18.7. The molecule has 0 saturated carbocycles. The van der Waals surface area contributed by atoms with Crippen molar-refractivity contribution >= 4 is 23.2 Å². The number of alkyl halides is 3. The molecule has 3 rings (SSSR count). The van der Waals surface area contributed by atoms with Crippen LogP contribution in [0.1, 0.15) is 16.1 Å². The number of rotatable bonds is 4. The number of benzene rings is 2. The van der Waals surface area contributed by atoms with E-state index in [4.69, 9.17) is 16.3 Å². The fourth-order valence-corrected chi connectivity index (χ4v) is 2.36. The summed E-state index contributed by atoms with van der Waals surface area (Å²) in [5.74, 6) is -0.0537. The molecule has 138 valence electrons. The predicted molar refractivity (Wildman–Crippen MR) is 95.2 cm³/mol. The Labute approximate surface area is 157 Å². The molecule has 1 heterocycles. The lowest BCUT2D eigenvalue weighted by atomic mass is 10.2. The van der Waals surface area contributed by atoms with Gasteiger partial charge in [-0.15, -0.1) is 0 Å². The smallest absolute Gasteiger partial charge is 0.416 e. The lowest BCUT2D eigenvalue weighted by molar-refractivity contribution is -0.137. The quantitative estimate of drug-likeness (QED) is 0.610. The Bertz CT molecular complexity index is 960. The maximum Gasteiger partial charge on any atom is 0.416 e. The minimum Gasteiger partial charge on any atom is -0.457 e. The number of nitrogens with zero attached hydrogens (tertiary/aromatic N) is 1. The normalized spacial score (nSPS) is 11.1. The van der Waals surface area contributed by atoms with Gasteiger partial charge < -0.3 is 10.1 Å². The van der Waals surface area contributed by atoms with Gasteiger partial charge >= 0.3 is 6.18 Å². The lowest BCUT2D eigenvalue weighted by Gasteiger charge is -2.10. The van der Waals surface area contributed by atoms with Gasteiger partial charge in [0, 0.05) is 16.9 Å². The van der Waals surface area contributed by atoms with E-state index in [-0.39, 0.29) is 11.4 Å². The van der Waals surface area contributed by atoms with Crippen LogP contribution >= 0.6 is 11.6 Å². The summed E-state index contributed by atoms with van der Waals surface area (Å²) >= 11 is 5.82. The Morgan fingerprint density at radius 2 is 1.74 bits per heavy atom. The van der Waals surface area contributed by atoms with Crippen molar-refractivity contribution < 1.29 is 22.7 Å². The molecule has 0 saturated heterocycles. The van der Waals surface area contributed by atoms with Gasteiger partial charge in [-0.1, -0.05) is 17.7 Å². The molecule has 0 spiro atoms. The summed E-state index contributed by atoms with van der Waals surface area (Å²) in [5, 5.41) is 3.03. The van der Waals surface area contributed by atoms with E-state index in [1.54, 1.807) is 18.2 Å². The average molecular weight is 393 g/mol. The maximum absolute atomic E-state index is 12.7. The number of carbonyl (C=O) groups is 1. The zero-order valence-corrected chi connectivity index (χ0v) is 14.4. The van der Waals surface area contributed by atoms with Crippen LogP contribution in [0.2, 0.25) is 5.02 Å². The molecule has 0 bridgehead atoms. The summed E-state index contributed by atoms with van der Waals surface area (Å²) in [6.07, 6.45) is -3.02. The van der Waals surface area contributed by atoms with Gasteiger partial charge in [-0.2, -0.15) is 13.2 Å². The summed E-state index contributed by atoms with van der Waals surface area (Å²) in [7, 11) is 0. The van der Waals surface area contributed by atoms with Crippen molar-refractivity contribution in [3.63, 3.8) is 0 Å². The summed E-state index contributed by atoms with van der Waals surface area (Å²) in [6, 6.07) is 13.7. The second kappa shape index (κ2) is 7.67. The van der Waals surface area contributed by atoms with Crippen molar-refractivity contribution in [3.8, 4) is 11.5 Å². The standard InChI is InChI=1S/C19H12ClF3N2O2/c20-13-8-9-24-17(11-13)18(26)25-14-4-6-15(7-5-14)27-16-3-1-2-12(10-16)19(21,22)23/h1-11H,(H,25,26). The topological polar surface area (TPSA) is 51.2 Å². The lowest BCUT2D eigenvalue weighted by Crippen LogP contribution is -2.13. The number of pyridine rings is 1. The molecule has 0 aliphatic rings. The zero-order chi connectivity index (χ0) is 19.4. The largest absolute Gasteiger partial charge is 0.457 e. The number of aromatic nitrogens is 1. The number of halogens is 4. The van der Waals surface area contributed by atoms with Crippen LogP contribution in [0.4, 0.5) is 18.9 Å². The summed E-state index contributed by atoms with van der Waals surface area (Å²) in [5.41, 5.74) is -0.164. The van der Waals surface area contributed by atoms with Crippen LogP contribution in [0.3, 0.4) is 0 Å². The number of hydrogen-bond acceptors (Lipinski definition) is 3. The van der Waals surface area contributed by atoms with Crippen LogP contribution in [0, 0.1) is 0 Å². The molecule has 27 heavy (non-hydrogen) atoms. The molecule has 1 amide bonds. The number of nitrogens with one attached hydrogen (secondary N) is 1. The van der Waals surface area contributed by atoms with Gasteiger partial charge in [-0.25, -0.2) is 0 Å². The third kappa shape index (κ3) is 4.98. The van der Waals surface area contributed by atoms with E-state index < -0.39 is 17.6 Å². The third-order valence-corrected chi connectivity index (χ3v) is 3.70. The van der Waals surface area contributed by atoms with E-state index in [0.29, 0.717) is 16.5 Å². The van der Waals surface area contributed by atoms with E-state index in [1.807, 2.05) is 0 Å². The Morgan fingerprint density at radius 3 is 2.41 bits per heavy atom. The van der Waals surface area contributed by atoms with Crippen LogP contribution in [0.15, 0.2) is 66.9 Å². The molecule has 0 radical (unpaired) electrons. The van der Waals surface area contributed by atoms with E-state index >= 15 is 0 Å². The molecule has 0 aliphatic heterocycles. The van der Waals surface area contributed by atoms with Crippen LogP contribution < -0.4 is 10.1 Å². The number of ether oxygens (including phenoxy) is 1. The molecule has 0 atom stereocenters. The van der Waals surface area contributed by atoms with Crippen LogP contribution in [-0.2, 0) is 6.18 Å². The number of carbonyl (C=O) groups excluding carboxylic acids is 1. The highest BCUT2D eigenvalue weighted by molar-refractivity contribution is 6.30. The molecule has 0 fully saturated rings. The molecule has 0 aliphatic carbocycles. The molecule has 3 aromatic rings. The molecule has 8 heteroatoms. The maximum atomic E-state index is 12.7. The van der Waals surface area contributed by atoms with Gasteiger partial charge in [0.2, 0.25) is 0 Å². The van der Waals surface area contributed by atoms with Crippen molar-refractivity contribution in [2.24, 2.45) is 0 Å². The van der Waals surface area contributed by atoms with Gasteiger partial charge in [-0.3, -0.25) is 9.78 Å². The third-order valence-electron chi connectivity index (χ3n) is 3.46. The van der Waals surface area contributed by atoms with Crippen molar-refractivity contribution in [2.45, 2.75) is 6.18 Å². The highest BCUT2D eigenvalue weighted by Gasteiger charge is 2.30. The monoisotopic (exact) mass is 392 g/mol. The number of hydrogen-bond donors (Lipinski definition) is 1. The van der Waals surface area contributed by atoms with E-state index in [1.165, 1.54) is 36.5 Å². The first-order chi connectivity index (χ1) is 12.8. The molecular formula is C19H12ClF3N2O2. The van der Waals surface area contributed by atoms with E-state index in [0.717, 1.165) is 12.1 Å². The highest BCUT2D eigenvalue weighted by Crippen LogP contribution is 2.32. The molecule has 1 N–H and O–H groups in total. The van der Waals surface area contributed by atoms with Crippen molar-refractivity contribution in [2.75, 3.05) is 5.32 Å².